The van der Waals surface area contributed by atoms with Crippen molar-refractivity contribution in [1.29, 1.82) is 0 Å². The molecule has 0 aromatic heterocycles. The van der Waals surface area contributed by atoms with E-state index in [9.17, 15) is 20.2 Å². The van der Waals surface area contributed by atoms with Gasteiger partial charge in [-0.05, 0) is 6.42 Å². The fourth-order valence-corrected chi connectivity index (χ4v) is 0.859. The molecule has 148 valence electrons. The smallest absolute Gasteiger partial charge is 0.227 e. The molecular weight excluding hydrogens is 441 g/mol. The summed E-state index contributed by atoms with van der Waals surface area (Å²) in [6.07, 6.45) is 1.03. The van der Waals surface area contributed by atoms with Crippen LogP contribution in [0.3, 0.4) is 0 Å². The van der Waals surface area contributed by atoms with Gasteiger partial charge in [-0.15, -0.1) is 24.0 Å². The van der Waals surface area contributed by atoms with Gasteiger partial charge in [0, 0.05) is 23.0 Å². The summed E-state index contributed by atoms with van der Waals surface area (Å²) in [7, 11) is 0. The quantitative estimate of drug-likeness (QED) is 0.129. The SMILES string of the molecule is C.CCCOCOCCN.I.O=[N+]([O-])CCOCOCC[N+](=O)[O-]. The number of rotatable bonds is 14. The first-order valence-electron chi connectivity index (χ1n) is 6.79. The summed E-state index contributed by atoms with van der Waals surface area (Å²) in [4.78, 5) is 18.5. The van der Waals surface area contributed by atoms with Gasteiger partial charge in [-0.25, -0.2) is 0 Å². The van der Waals surface area contributed by atoms with Crippen LogP contribution in [0.25, 0.3) is 0 Å². The first-order chi connectivity index (χ1) is 10.5. The second kappa shape index (κ2) is 27.2. The molecule has 0 aliphatic carbocycles. The summed E-state index contributed by atoms with van der Waals surface area (Å²) in [6.45, 7) is 3.52. The molecule has 0 rings (SSSR count). The zero-order chi connectivity index (χ0) is 17.1. The van der Waals surface area contributed by atoms with Crippen LogP contribution in [0, 0.1) is 20.2 Å². The van der Waals surface area contributed by atoms with Gasteiger partial charge in [-0.1, -0.05) is 14.4 Å². The Morgan fingerprint density at radius 3 is 1.54 bits per heavy atom. The molecule has 24 heavy (non-hydrogen) atoms. The van der Waals surface area contributed by atoms with Crippen molar-refractivity contribution in [3.63, 3.8) is 0 Å². The molecule has 0 atom stereocenters. The molecule has 0 unspecified atom stereocenters. The van der Waals surface area contributed by atoms with Crippen molar-refractivity contribution < 1.29 is 28.8 Å². The Bertz CT molecular complexity index is 251. The highest BCUT2D eigenvalue weighted by molar-refractivity contribution is 14.0. The van der Waals surface area contributed by atoms with Crippen LogP contribution in [0.5, 0.6) is 0 Å². The van der Waals surface area contributed by atoms with E-state index in [-0.39, 0.29) is 64.5 Å². The number of halogens is 1. The molecule has 12 heteroatoms. The van der Waals surface area contributed by atoms with Crippen molar-refractivity contribution in [3.8, 4) is 0 Å². The molecule has 0 aliphatic rings. The topological polar surface area (TPSA) is 149 Å². The first-order valence-corrected chi connectivity index (χ1v) is 6.79. The average Bonchev–Trinajstić information content (AvgIpc) is 2.46. The van der Waals surface area contributed by atoms with Gasteiger partial charge < -0.3 is 24.7 Å². The predicted molar refractivity (Wildman–Crippen MR) is 98.8 cm³/mol. The highest BCUT2D eigenvalue weighted by atomic mass is 127. The fourth-order valence-electron chi connectivity index (χ4n) is 0.859. The molecule has 11 nitrogen and oxygen atoms in total. The molecule has 0 saturated heterocycles. The monoisotopic (exact) mass is 471 g/mol. The number of nitrogens with zero attached hydrogens (tertiary/aromatic N) is 2. The number of nitro groups is 2. The Hall–Kier alpha value is -0.670. The van der Waals surface area contributed by atoms with E-state index < -0.39 is 9.85 Å². The normalized spacial score (nSPS) is 9.08. The minimum atomic E-state index is -0.517. The zero-order valence-corrected chi connectivity index (χ0v) is 15.5. The Morgan fingerprint density at radius 2 is 1.21 bits per heavy atom. The Morgan fingerprint density at radius 1 is 0.833 bits per heavy atom. The van der Waals surface area contributed by atoms with Crippen LogP contribution < -0.4 is 5.73 Å². The summed E-state index contributed by atoms with van der Waals surface area (Å²) < 4.78 is 19.2. The van der Waals surface area contributed by atoms with Crippen molar-refractivity contribution in [2.75, 3.05) is 59.6 Å². The van der Waals surface area contributed by atoms with Crippen LogP contribution >= 0.6 is 24.0 Å². The van der Waals surface area contributed by atoms with Crippen molar-refractivity contribution >= 4 is 24.0 Å². The molecule has 2 N–H and O–H groups in total. The lowest BCUT2D eigenvalue weighted by Gasteiger charge is -2.01. The third kappa shape index (κ3) is 37.5. The number of hydrogen-bond acceptors (Lipinski definition) is 9. The summed E-state index contributed by atoms with van der Waals surface area (Å²) >= 11 is 0. The Balaban J connectivity index is -0.000000162. The summed E-state index contributed by atoms with van der Waals surface area (Å²) in [5, 5.41) is 19.5. The van der Waals surface area contributed by atoms with Crippen molar-refractivity contribution in [2.45, 2.75) is 20.8 Å². The third-order valence-corrected chi connectivity index (χ3v) is 1.78. The molecule has 0 spiro atoms. The van der Waals surface area contributed by atoms with Crippen molar-refractivity contribution in [2.24, 2.45) is 5.73 Å². The molecule has 0 aromatic rings. The lowest BCUT2D eigenvalue weighted by Crippen LogP contribution is -2.14. The lowest BCUT2D eigenvalue weighted by molar-refractivity contribution is -0.487. The number of hydrogen-bond donors (Lipinski definition) is 1. The Kier molecular flexibility index (Phi) is 35.3. The van der Waals surface area contributed by atoms with E-state index in [0.29, 0.717) is 19.9 Å². The van der Waals surface area contributed by atoms with Gasteiger partial charge in [0.25, 0.3) is 0 Å². The molecule has 0 saturated carbocycles. The van der Waals surface area contributed by atoms with Crippen LogP contribution in [0.4, 0.5) is 0 Å². The second-order valence-electron chi connectivity index (χ2n) is 3.77. The molecule has 0 aromatic carbocycles. The van der Waals surface area contributed by atoms with E-state index in [1.807, 2.05) is 0 Å². The Labute approximate surface area is 159 Å². The highest BCUT2D eigenvalue weighted by Gasteiger charge is 1.98. The molecule has 0 amide bonds. The summed E-state index contributed by atoms with van der Waals surface area (Å²) in [5.74, 6) is 0. The summed E-state index contributed by atoms with van der Waals surface area (Å²) in [6, 6.07) is 0. The molecular formula is C12H30IN3O8. The van der Waals surface area contributed by atoms with Gasteiger partial charge in [0.2, 0.25) is 13.1 Å². The average molecular weight is 471 g/mol. The van der Waals surface area contributed by atoms with Crippen LogP contribution in [0.1, 0.15) is 20.8 Å². The maximum atomic E-state index is 9.77. The maximum absolute atomic E-state index is 9.77. The van der Waals surface area contributed by atoms with E-state index in [2.05, 4.69) is 16.4 Å². The number of nitrogens with two attached hydrogens (primary N) is 1. The lowest BCUT2D eigenvalue weighted by atomic mass is 10.5. The maximum Gasteiger partial charge on any atom is 0.227 e. The van der Waals surface area contributed by atoms with Gasteiger partial charge in [-0.3, -0.25) is 20.2 Å². The van der Waals surface area contributed by atoms with E-state index in [0.717, 1.165) is 13.0 Å². The van der Waals surface area contributed by atoms with Gasteiger partial charge in [0.05, 0.1) is 6.61 Å². The third-order valence-electron chi connectivity index (χ3n) is 1.78. The van der Waals surface area contributed by atoms with E-state index in [4.69, 9.17) is 15.2 Å². The summed E-state index contributed by atoms with van der Waals surface area (Å²) in [5.41, 5.74) is 5.16. The van der Waals surface area contributed by atoms with Gasteiger partial charge in [0.15, 0.2) is 0 Å². The largest absolute Gasteiger partial charge is 0.355 e. The van der Waals surface area contributed by atoms with Crippen LogP contribution in [0.2, 0.25) is 0 Å². The molecule has 0 fully saturated rings. The molecule has 0 aliphatic heterocycles. The minimum absolute atomic E-state index is 0. The molecule has 0 radical (unpaired) electrons. The standard InChI is InChI=1S/C6H15NO2.C5H10N2O6.CH4.HI/c1-2-4-8-6-9-5-3-7;8-6(9)1-3-12-5-13-4-2-7(10)11;;/h2-7H2,1H3;1-5H2;1H4;1H. The number of ether oxygens (including phenoxy) is 4. The molecule has 0 bridgehead atoms. The van der Waals surface area contributed by atoms with Crippen molar-refractivity contribution in [3.05, 3.63) is 20.2 Å². The van der Waals surface area contributed by atoms with E-state index >= 15 is 0 Å². The zero-order valence-electron chi connectivity index (χ0n) is 13.2. The van der Waals surface area contributed by atoms with Gasteiger partial charge in [-0.2, -0.15) is 0 Å². The van der Waals surface area contributed by atoms with Crippen LogP contribution in [-0.2, 0) is 18.9 Å². The van der Waals surface area contributed by atoms with Gasteiger partial charge >= 0.3 is 0 Å². The van der Waals surface area contributed by atoms with Crippen molar-refractivity contribution in [1.82, 2.24) is 0 Å². The molecule has 0 heterocycles. The highest BCUT2D eigenvalue weighted by Crippen LogP contribution is 1.81. The second-order valence-corrected chi connectivity index (χ2v) is 3.77. The van der Waals surface area contributed by atoms with Crippen LogP contribution in [-0.4, -0.2) is 69.5 Å². The van der Waals surface area contributed by atoms with Gasteiger partial charge in [0.1, 0.15) is 26.8 Å². The van der Waals surface area contributed by atoms with Crippen LogP contribution in [0.15, 0.2) is 0 Å². The van der Waals surface area contributed by atoms with E-state index in [1.54, 1.807) is 0 Å². The predicted octanol–water partition coefficient (Wildman–Crippen LogP) is 1.13. The fraction of sp³-hybridized carbons (Fsp3) is 1.00. The van der Waals surface area contributed by atoms with E-state index in [1.165, 1.54) is 0 Å². The minimum Gasteiger partial charge on any atom is -0.355 e. The first kappa shape index (κ1) is 31.1.